The molecule has 11 heteroatoms. The predicted molar refractivity (Wildman–Crippen MR) is 200 cm³/mol. The van der Waals surface area contributed by atoms with Gasteiger partial charge in [-0.3, -0.25) is 24.1 Å². The number of imide groups is 2. The number of fused-ring (bicyclic) bond motifs is 4. The first-order valence-electron chi connectivity index (χ1n) is 17.7. The lowest BCUT2D eigenvalue weighted by Gasteiger charge is -2.49. The molecule has 4 aliphatic rings. The molecule has 4 aromatic rings. The average molecular weight is 710 g/mol. The Morgan fingerprint density at radius 1 is 0.755 bits per heavy atom. The zero-order valence-corrected chi connectivity index (χ0v) is 29.8. The van der Waals surface area contributed by atoms with Crippen LogP contribution >= 0.6 is 0 Å². The molecule has 11 nitrogen and oxygen atoms in total. The quantitative estimate of drug-likeness (QED) is 0.121. The molecule has 2 saturated heterocycles. The number of ether oxygens (including phenoxy) is 1. The SMILES string of the molecule is COc1cccc(C2C3=CCC4C(=O)N(c5ccc(N=Nc6ccc(N(C)C)cc6)cc5)C(=O)C4C3CC3C(=O)N(c4ccccc4)C(=O)C32C)c1O. The number of para-hydroxylation sites is 2. The van der Waals surface area contributed by atoms with Crippen LogP contribution in [0.5, 0.6) is 11.5 Å². The molecule has 4 amide bonds. The number of azo groups is 1. The third-order valence-electron chi connectivity index (χ3n) is 11.6. The van der Waals surface area contributed by atoms with Crippen LogP contribution in [0.15, 0.2) is 119 Å². The Bertz CT molecular complexity index is 2200. The number of hydrogen-bond acceptors (Lipinski definition) is 9. The molecule has 1 saturated carbocycles. The molecule has 4 aromatic carbocycles. The molecule has 0 spiro atoms. The molecule has 2 heterocycles. The summed E-state index contributed by atoms with van der Waals surface area (Å²) < 4.78 is 5.47. The molecule has 3 fully saturated rings. The van der Waals surface area contributed by atoms with Crippen molar-refractivity contribution in [2.45, 2.75) is 25.7 Å². The molecule has 0 aromatic heterocycles. The van der Waals surface area contributed by atoms with E-state index in [1.165, 1.54) is 16.9 Å². The van der Waals surface area contributed by atoms with Gasteiger partial charge in [0.05, 0.1) is 53.0 Å². The second kappa shape index (κ2) is 12.8. The van der Waals surface area contributed by atoms with Crippen molar-refractivity contribution in [2.75, 3.05) is 35.9 Å². The van der Waals surface area contributed by atoms with Gasteiger partial charge in [-0.2, -0.15) is 10.2 Å². The summed E-state index contributed by atoms with van der Waals surface area (Å²) >= 11 is 0. The summed E-state index contributed by atoms with van der Waals surface area (Å²) in [5.74, 6) is -4.75. The third kappa shape index (κ3) is 5.24. The van der Waals surface area contributed by atoms with E-state index in [4.69, 9.17) is 4.74 Å². The number of carbonyl (C=O) groups excluding carboxylic acids is 4. The Morgan fingerprint density at radius 2 is 1.40 bits per heavy atom. The van der Waals surface area contributed by atoms with Crippen molar-refractivity contribution < 1.29 is 29.0 Å². The number of carbonyl (C=O) groups is 4. The number of allylic oxidation sites excluding steroid dienone is 2. The van der Waals surface area contributed by atoms with Crippen LogP contribution in [0.2, 0.25) is 0 Å². The van der Waals surface area contributed by atoms with Gasteiger partial charge in [0.25, 0.3) is 0 Å². The van der Waals surface area contributed by atoms with Gasteiger partial charge in [-0.15, -0.1) is 0 Å². The van der Waals surface area contributed by atoms with Gasteiger partial charge in [0, 0.05) is 31.3 Å². The molecule has 8 rings (SSSR count). The van der Waals surface area contributed by atoms with Gasteiger partial charge in [-0.05, 0) is 92.4 Å². The fraction of sp³-hybridized carbons (Fsp3) is 0.286. The van der Waals surface area contributed by atoms with E-state index < -0.39 is 35.0 Å². The monoisotopic (exact) mass is 709 g/mol. The van der Waals surface area contributed by atoms with Gasteiger partial charge in [0.1, 0.15) is 0 Å². The molecule has 1 N–H and O–H groups in total. The molecule has 0 bridgehead atoms. The van der Waals surface area contributed by atoms with Gasteiger partial charge in [-0.25, -0.2) is 4.90 Å². The second-order valence-corrected chi connectivity index (χ2v) is 14.5. The molecular weight excluding hydrogens is 670 g/mol. The third-order valence-corrected chi connectivity index (χ3v) is 11.6. The molecule has 6 atom stereocenters. The minimum absolute atomic E-state index is 0.125. The minimum Gasteiger partial charge on any atom is -0.504 e. The van der Waals surface area contributed by atoms with E-state index in [2.05, 4.69) is 10.2 Å². The average Bonchev–Trinajstić information content (AvgIpc) is 3.54. The first-order valence-corrected chi connectivity index (χ1v) is 17.7. The second-order valence-electron chi connectivity index (χ2n) is 14.5. The number of methoxy groups -OCH3 is 1. The highest BCUT2D eigenvalue weighted by molar-refractivity contribution is 6.25. The Hall–Kier alpha value is -6.10. The topological polar surface area (TPSA) is 132 Å². The van der Waals surface area contributed by atoms with Gasteiger partial charge >= 0.3 is 0 Å². The number of benzene rings is 4. The zero-order chi connectivity index (χ0) is 37.2. The van der Waals surface area contributed by atoms with E-state index >= 15 is 0 Å². The summed E-state index contributed by atoms with van der Waals surface area (Å²) in [6.07, 6.45) is 2.45. The van der Waals surface area contributed by atoms with Crippen molar-refractivity contribution >= 4 is 52.1 Å². The molecule has 6 unspecified atom stereocenters. The number of phenols is 1. The van der Waals surface area contributed by atoms with E-state index in [9.17, 15) is 24.3 Å². The van der Waals surface area contributed by atoms with Crippen molar-refractivity contribution in [2.24, 2.45) is 39.3 Å². The number of hydrogen-bond donors (Lipinski definition) is 1. The zero-order valence-electron chi connectivity index (χ0n) is 29.8. The van der Waals surface area contributed by atoms with E-state index in [1.807, 2.05) is 55.4 Å². The Kier molecular flexibility index (Phi) is 8.24. The van der Waals surface area contributed by atoms with Crippen LogP contribution in [0, 0.1) is 29.1 Å². The van der Waals surface area contributed by atoms with Crippen LogP contribution in [0.1, 0.15) is 31.2 Å². The summed E-state index contributed by atoms with van der Waals surface area (Å²) in [5, 5.41) is 20.2. The lowest BCUT2D eigenvalue weighted by atomic mass is 9.51. The van der Waals surface area contributed by atoms with Crippen LogP contribution in [0.25, 0.3) is 0 Å². The summed E-state index contributed by atoms with van der Waals surface area (Å²) in [5.41, 5.74) is 3.12. The summed E-state index contributed by atoms with van der Waals surface area (Å²) in [6.45, 7) is 1.79. The van der Waals surface area contributed by atoms with E-state index in [1.54, 1.807) is 73.7 Å². The minimum atomic E-state index is -1.28. The predicted octanol–water partition coefficient (Wildman–Crippen LogP) is 7.32. The van der Waals surface area contributed by atoms with Crippen LogP contribution in [0.4, 0.5) is 28.4 Å². The first kappa shape index (κ1) is 34.0. The fourth-order valence-corrected chi connectivity index (χ4v) is 8.98. The highest BCUT2D eigenvalue weighted by atomic mass is 16.5. The normalized spacial score (nSPS) is 26.4. The molecule has 2 aliphatic heterocycles. The van der Waals surface area contributed by atoms with Crippen molar-refractivity contribution in [3.63, 3.8) is 0 Å². The van der Waals surface area contributed by atoms with Gasteiger partial charge in [0.15, 0.2) is 11.5 Å². The number of rotatable bonds is 7. The largest absolute Gasteiger partial charge is 0.504 e. The Morgan fingerprint density at radius 3 is 2.04 bits per heavy atom. The van der Waals surface area contributed by atoms with Crippen LogP contribution < -0.4 is 19.4 Å². The van der Waals surface area contributed by atoms with Gasteiger partial charge in [0.2, 0.25) is 23.6 Å². The van der Waals surface area contributed by atoms with Crippen LogP contribution in [-0.4, -0.2) is 49.9 Å². The van der Waals surface area contributed by atoms with Crippen LogP contribution in [0.3, 0.4) is 0 Å². The fourth-order valence-electron chi connectivity index (χ4n) is 8.98. The number of aromatic hydroxyl groups is 1. The van der Waals surface area contributed by atoms with Crippen LogP contribution in [-0.2, 0) is 19.2 Å². The maximum Gasteiger partial charge on any atom is 0.241 e. The maximum atomic E-state index is 14.6. The van der Waals surface area contributed by atoms with E-state index in [0.717, 1.165) is 11.3 Å². The lowest BCUT2D eigenvalue weighted by molar-refractivity contribution is -0.131. The van der Waals surface area contributed by atoms with Gasteiger partial charge < -0.3 is 14.7 Å². The molecular formula is C42H39N5O6. The Balaban J connectivity index is 1.14. The van der Waals surface area contributed by atoms with Gasteiger partial charge in [-0.1, -0.05) is 42.0 Å². The highest BCUT2D eigenvalue weighted by Gasteiger charge is 2.68. The first-order chi connectivity index (χ1) is 25.5. The molecule has 53 heavy (non-hydrogen) atoms. The standard InChI is InChI=1S/C42H39N5O6/c1-42-33(39(50)47(41(42)52)27-9-6-5-7-10-27)23-32-29(36(42)31-11-8-12-34(53-4)37(31)48)21-22-30-35(32)40(51)46(38(30)49)28-19-15-25(16-20-28)44-43-24-13-17-26(18-14-24)45(2)3/h5-21,30,32-33,35-36,48H,22-23H2,1-4H3. The summed E-state index contributed by atoms with van der Waals surface area (Å²) in [7, 11) is 5.38. The van der Waals surface area contributed by atoms with Crippen molar-refractivity contribution in [1.29, 1.82) is 0 Å². The highest BCUT2D eigenvalue weighted by Crippen LogP contribution is 2.65. The number of phenolic OH excluding ortho intramolecular Hbond substituents is 1. The lowest BCUT2D eigenvalue weighted by Crippen LogP contribution is -2.48. The smallest absolute Gasteiger partial charge is 0.241 e. The number of amides is 4. The molecule has 268 valence electrons. The number of anilines is 3. The van der Waals surface area contributed by atoms with E-state index in [-0.39, 0.29) is 48.0 Å². The van der Waals surface area contributed by atoms with E-state index in [0.29, 0.717) is 28.3 Å². The summed E-state index contributed by atoms with van der Waals surface area (Å²) in [4.78, 5) is 62.0. The molecule has 2 aliphatic carbocycles. The maximum absolute atomic E-state index is 14.6. The summed E-state index contributed by atoms with van der Waals surface area (Å²) in [6, 6.07) is 28.4. The van der Waals surface area contributed by atoms with Crippen molar-refractivity contribution in [1.82, 2.24) is 0 Å². The number of nitrogens with zero attached hydrogens (tertiary/aromatic N) is 5. The van der Waals surface area contributed by atoms with Crippen molar-refractivity contribution in [3.05, 3.63) is 114 Å². The van der Waals surface area contributed by atoms with Crippen molar-refractivity contribution in [3.8, 4) is 11.5 Å². The Labute approximate surface area is 307 Å². The molecule has 0 radical (unpaired) electrons.